The Labute approximate surface area is 114 Å². The number of nitrogens with one attached hydrogen (secondary N) is 2. The van der Waals surface area contributed by atoms with Gasteiger partial charge in [0, 0.05) is 12.1 Å². The number of aryl methyl sites for hydroxylation is 2. The zero-order chi connectivity index (χ0) is 13.7. The van der Waals surface area contributed by atoms with Crippen molar-refractivity contribution in [1.29, 1.82) is 0 Å². The fraction of sp³-hybridized carbons (Fsp3) is 0.533. The molecule has 4 heteroatoms. The molecule has 0 radical (unpaired) electrons. The molecule has 1 unspecified atom stereocenters. The van der Waals surface area contributed by atoms with Gasteiger partial charge in [-0.05, 0) is 62.4 Å². The van der Waals surface area contributed by atoms with Gasteiger partial charge in [-0.2, -0.15) is 0 Å². The molecule has 1 aromatic carbocycles. The number of hydroxylamine groups is 1. The number of rotatable bonds is 4. The van der Waals surface area contributed by atoms with Crippen LogP contribution in [0.2, 0.25) is 0 Å². The SMILES string of the molecule is Cc1ccc(C(=O)NOCC2CCCNC2)cc1C. The summed E-state index contributed by atoms with van der Waals surface area (Å²) in [7, 11) is 0. The highest BCUT2D eigenvalue weighted by Gasteiger charge is 2.14. The molecule has 2 N–H and O–H groups in total. The lowest BCUT2D eigenvalue weighted by Gasteiger charge is -2.22. The lowest BCUT2D eigenvalue weighted by molar-refractivity contribution is 0.0128. The fourth-order valence-electron chi connectivity index (χ4n) is 2.23. The van der Waals surface area contributed by atoms with Crippen molar-refractivity contribution in [2.75, 3.05) is 19.7 Å². The second kappa shape index (κ2) is 6.68. The predicted molar refractivity (Wildman–Crippen MR) is 74.9 cm³/mol. The van der Waals surface area contributed by atoms with E-state index in [0.29, 0.717) is 18.1 Å². The van der Waals surface area contributed by atoms with Gasteiger partial charge in [0.1, 0.15) is 0 Å². The molecule has 1 aliphatic heterocycles. The highest BCUT2D eigenvalue weighted by atomic mass is 16.6. The topological polar surface area (TPSA) is 50.4 Å². The van der Waals surface area contributed by atoms with Crippen LogP contribution in [0.15, 0.2) is 18.2 Å². The summed E-state index contributed by atoms with van der Waals surface area (Å²) < 4.78 is 0. The van der Waals surface area contributed by atoms with Gasteiger partial charge in [0.05, 0.1) is 6.61 Å². The van der Waals surface area contributed by atoms with Crippen LogP contribution in [-0.4, -0.2) is 25.6 Å². The molecule has 1 amide bonds. The standard InChI is InChI=1S/C15H22N2O2/c1-11-5-6-14(8-12(11)2)15(18)17-19-10-13-4-3-7-16-9-13/h5-6,8,13,16H,3-4,7,9-10H2,1-2H3,(H,17,18). The van der Waals surface area contributed by atoms with Crippen molar-refractivity contribution >= 4 is 5.91 Å². The number of hydrogen-bond donors (Lipinski definition) is 2. The van der Waals surface area contributed by atoms with Crippen LogP contribution in [0.4, 0.5) is 0 Å². The summed E-state index contributed by atoms with van der Waals surface area (Å²) in [5.74, 6) is 0.320. The molecule has 19 heavy (non-hydrogen) atoms. The second-order valence-corrected chi connectivity index (χ2v) is 5.25. The Bertz CT molecular complexity index is 440. The van der Waals surface area contributed by atoms with Crippen LogP contribution in [0, 0.1) is 19.8 Å². The Morgan fingerprint density at radius 2 is 2.26 bits per heavy atom. The minimum absolute atomic E-state index is 0.174. The molecule has 0 aliphatic carbocycles. The Balaban J connectivity index is 1.78. The van der Waals surface area contributed by atoms with Crippen molar-refractivity contribution in [3.63, 3.8) is 0 Å². The molecule has 0 saturated carbocycles. The van der Waals surface area contributed by atoms with Crippen molar-refractivity contribution < 1.29 is 9.63 Å². The van der Waals surface area contributed by atoms with Crippen LogP contribution in [0.1, 0.15) is 34.3 Å². The molecule has 104 valence electrons. The normalized spacial score (nSPS) is 19.2. The van der Waals surface area contributed by atoms with E-state index in [1.54, 1.807) is 0 Å². The maximum Gasteiger partial charge on any atom is 0.274 e. The molecule has 1 heterocycles. The van der Waals surface area contributed by atoms with E-state index in [1.807, 2.05) is 32.0 Å². The van der Waals surface area contributed by atoms with Gasteiger partial charge in [-0.3, -0.25) is 9.63 Å². The fourth-order valence-corrected chi connectivity index (χ4v) is 2.23. The van der Waals surface area contributed by atoms with Gasteiger partial charge in [-0.1, -0.05) is 6.07 Å². The van der Waals surface area contributed by atoms with Gasteiger partial charge >= 0.3 is 0 Å². The number of piperidine rings is 1. The summed E-state index contributed by atoms with van der Waals surface area (Å²) in [4.78, 5) is 17.2. The molecule has 2 rings (SSSR count). The Kier molecular flexibility index (Phi) is 4.93. The van der Waals surface area contributed by atoms with Crippen LogP contribution >= 0.6 is 0 Å². The average Bonchev–Trinajstić information content (AvgIpc) is 2.43. The molecule has 0 bridgehead atoms. The molecule has 0 aromatic heterocycles. The smallest absolute Gasteiger partial charge is 0.274 e. The van der Waals surface area contributed by atoms with E-state index in [2.05, 4.69) is 10.8 Å². The van der Waals surface area contributed by atoms with Crippen molar-refractivity contribution in [3.8, 4) is 0 Å². The molecule has 1 atom stereocenters. The third-order valence-electron chi connectivity index (χ3n) is 3.65. The molecule has 1 saturated heterocycles. The highest BCUT2D eigenvalue weighted by molar-refractivity contribution is 5.93. The first-order chi connectivity index (χ1) is 9.16. The number of benzene rings is 1. The van der Waals surface area contributed by atoms with Gasteiger partial charge in [0.25, 0.3) is 5.91 Å². The molecule has 1 aromatic rings. The van der Waals surface area contributed by atoms with E-state index in [9.17, 15) is 4.79 Å². The van der Waals surface area contributed by atoms with Crippen LogP contribution < -0.4 is 10.8 Å². The summed E-state index contributed by atoms with van der Waals surface area (Å²) in [6, 6.07) is 5.66. The highest BCUT2D eigenvalue weighted by Crippen LogP contribution is 2.11. The van der Waals surface area contributed by atoms with Crippen LogP contribution in [-0.2, 0) is 4.84 Å². The molecule has 4 nitrogen and oxygen atoms in total. The van der Waals surface area contributed by atoms with Gasteiger partial charge < -0.3 is 5.32 Å². The number of amides is 1. The first kappa shape index (κ1) is 14.0. The van der Waals surface area contributed by atoms with E-state index >= 15 is 0 Å². The van der Waals surface area contributed by atoms with E-state index in [1.165, 1.54) is 12.0 Å². The summed E-state index contributed by atoms with van der Waals surface area (Å²) in [6.45, 7) is 6.67. The number of carbonyl (C=O) groups excluding carboxylic acids is 1. The van der Waals surface area contributed by atoms with Crippen LogP contribution in [0.25, 0.3) is 0 Å². The van der Waals surface area contributed by atoms with E-state index < -0.39 is 0 Å². The monoisotopic (exact) mass is 262 g/mol. The molecule has 1 aliphatic rings. The van der Waals surface area contributed by atoms with Crippen molar-refractivity contribution in [3.05, 3.63) is 34.9 Å². The van der Waals surface area contributed by atoms with Crippen molar-refractivity contribution in [2.24, 2.45) is 5.92 Å². The van der Waals surface area contributed by atoms with Crippen molar-refractivity contribution in [1.82, 2.24) is 10.8 Å². The van der Waals surface area contributed by atoms with Crippen LogP contribution in [0.3, 0.4) is 0 Å². The zero-order valence-corrected chi connectivity index (χ0v) is 11.7. The summed E-state index contributed by atoms with van der Waals surface area (Å²) in [5.41, 5.74) is 5.47. The largest absolute Gasteiger partial charge is 0.316 e. The van der Waals surface area contributed by atoms with Crippen LogP contribution in [0.5, 0.6) is 0 Å². The third kappa shape index (κ3) is 4.04. The zero-order valence-electron chi connectivity index (χ0n) is 11.7. The molecular weight excluding hydrogens is 240 g/mol. The first-order valence-electron chi connectivity index (χ1n) is 6.87. The van der Waals surface area contributed by atoms with E-state index in [4.69, 9.17) is 4.84 Å². The maximum absolute atomic E-state index is 11.9. The van der Waals surface area contributed by atoms with Crippen molar-refractivity contribution in [2.45, 2.75) is 26.7 Å². The first-order valence-corrected chi connectivity index (χ1v) is 6.87. The van der Waals surface area contributed by atoms with Gasteiger partial charge in [-0.25, -0.2) is 5.48 Å². The summed E-state index contributed by atoms with van der Waals surface area (Å²) >= 11 is 0. The lowest BCUT2D eigenvalue weighted by atomic mass is 10.0. The summed E-state index contributed by atoms with van der Waals surface area (Å²) in [6.07, 6.45) is 2.34. The van der Waals surface area contributed by atoms with Gasteiger partial charge in [0.2, 0.25) is 0 Å². The number of carbonyl (C=O) groups is 1. The minimum Gasteiger partial charge on any atom is -0.316 e. The Morgan fingerprint density at radius 1 is 1.42 bits per heavy atom. The predicted octanol–water partition coefficient (Wildman–Crippen LogP) is 1.96. The molecule has 1 fully saturated rings. The number of hydrogen-bond acceptors (Lipinski definition) is 3. The van der Waals surface area contributed by atoms with E-state index in [-0.39, 0.29) is 5.91 Å². The quantitative estimate of drug-likeness (QED) is 0.816. The summed E-state index contributed by atoms with van der Waals surface area (Å²) in [5, 5.41) is 3.33. The minimum atomic E-state index is -0.174. The lowest BCUT2D eigenvalue weighted by Crippen LogP contribution is -2.35. The molecular formula is C15H22N2O2. The maximum atomic E-state index is 11.9. The third-order valence-corrected chi connectivity index (χ3v) is 3.65. The Morgan fingerprint density at radius 3 is 2.95 bits per heavy atom. The molecule has 0 spiro atoms. The van der Waals surface area contributed by atoms with Gasteiger partial charge in [0.15, 0.2) is 0 Å². The average molecular weight is 262 g/mol. The Hall–Kier alpha value is -1.39. The van der Waals surface area contributed by atoms with E-state index in [0.717, 1.165) is 25.1 Å². The second-order valence-electron chi connectivity index (χ2n) is 5.25. The van der Waals surface area contributed by atoms with Gasteiger partial charge in [-0.15, -0.1) is 0 Å².